The second-order valence-electron chi connectivity index (χ2n) is 5.89. The van der Waals surface area contributed by atoms with Gasteiger partial charge >= 0.3 is 5.97 Å². The molecule has 0 spiro atoms. The highest BCUT2D eigenvalue weighted by molar-refractivity contribution is 6.32. The van der Waals surface area contributed by atoms with Crippen molar-refractivity contribution in [2.24, 2.45) is 0 Å². The second-order valence-corrected chi connectivity index (χ2v) is 6.25. The number of rotatable bonds is 8. The number of carbonyl (C=O) groups excluding carboxylic acids is 2. The van der Waals surface area contributed by atoms with E-state index in [0.717, 1.165) is 5.56 Å². The van der Waals surface area contributed by atoms with Gasteiger partial charge in [-0.15, -0.1) is 0 Å². The molecule has 0 saturated heterocycles. The van der Waals surface area contributed by atoms with Crippen LogP contribution in [0.5, 0.6) is 0 Å². The van der Waals surface area contributed by atoms with Crippen LogP contribution in [-0.4, -0.2) is 48.0 Å². The van der Waals surface area contributed by atoms with Gasteiger partial charge in [0.25, 0.3) is 5.91 Å². The lowest BCUT2D eigenvalue weighted by atomic mass is 10.2. The Morgan fingerprint density at radius 1 is 1.31 bits per heavy atom. The lowest BCUT2D eigenvalue weighted by Gasteiger charge is -2.12. The van der Waals surface area contributed by atoms with E-state index >= 15 is 0 Å². The molecule has 1 heterocycles. The molecule has 0 fully saturated rings. The average molecular weight is 380 g/mol. The number of benzene rings is 1. The standard InChI is InChI=1S/C18H22ClN3O4/c1-12(10-25-3)20-15(23)11-26-18(24)16-13(2)21-22(17(16)19)9-14-7-5-4-6-8-14/h4-8,12H,9-11H2,1-3H3,(H,20,23). The summed E-state index contributed by atoms with van der Waals surface area (Å²) in [4.78, 5) is 24.1. The number of ether oxygens (including phenoxy) is 2. The van der Waals surface area contributed by atoms with Gasteiger partial charge in [0.1, 0.15) is 10.7 Å². The van der Waals surface area contributed by atoms with Gasteiger partial charge in [0, 0.05) is 13.2 Å². The van der Waals surface area contributed by atoms with Crippen molar-refractivity contribution >= 4 is 23.5 Å². The maximum Gasteiger partial charge on any atom is 0.343 e. The molecule has 2 rings (SSSR count). The molecule has 7 nitrogen and oxygen atoms in total. The number of hydrogen-bond acceptors (Lipinski definition) is 5. The van der Waals surface area contributed by atoms with E-state index in [1.165, 1.54) is 4.68 Å². The third-order valence-corrected chi connectivity index (χ3v) is 3.99. The molecule has 1 unspecified atom stereocenters. The Kier molecular flexibility index (Phi) is 7.17. The minimum atomic E-state index is -0.679. The number of amides is 1. The van der Waals surface area contributed by atoms with E-state index in [-0.39, 0.29) is 16.8 Å². The van der Waals surface area contributed by atoms with E-state index in [4.69, 9.17) is 21.1 Å². The monoisotopic (exact) mass is 379 g/mol. The van der Waals surface area contributed by atoms with Crippen LogP contribution in [0, 0.1) is 6.92 Å². The van der Waals surface area contributed by atoms with E-state index < -0.39 is 18.5 Å². The molecule has 1 aromatic carbocycles. The number of nitrogens with zero attached hydrogens (tertiary/aromatic N) is 2. The van der Waals surface area contributed by atoms with Crippen LogP contribution in [0.1, 0.15) is 28.5 Å². The molecule has 0 saturated carbocycles. The fourth-order valence-corrected chi connectivity index (χ4v) is 2.77. The summed E-state index contributed by atoms with van der Waals surface area (Å²) in [6.07, 6.45) is 0. The van der Waals surface area contributed by atoms with Gasteiger partial charge in [-0.2, -0.15) is 5.10 Å². The maximum atomic E-state index is 12.3. The van der Waals surface area contributed by atoms with Crippen molar-refractivity contribution in [2.45, 2.75) is 26.4 Å². The van der Waals surface area contributed by atoms with Gasteiger partial charge in [-0.1, -0.05) is 41.9 Å². The zero-order chi connectivity index (χ0) is 19.1. The molecule has 0 aliphatic carbocycles. The van der Waals surface area contributed by atoms with Gasteiger partial charge in [0.05, 0.1) is 18.8 Å². The highest BCUT2D eigenvalue weighted by Crippen LogP contribution is 2.21. The summed E-state index contributed by atoms with van der Waals surface area (Å²) in [5, 5.41) is 7.14. The Morgan fingerprint density at radius 3 is 2.65 bits per heavy atom. The molecule has 1 atom stereocenters. The first-order valence-electron chi connectivity index (χ1n) is 8.14. The summed E-state index contributed by atoms with van der Waals surface area (Å²) in [5.41, 5.74) is 1.62. The molecule has 140 valence electrons. The molecule has 1 aromatic heterocycles. The molecule has 0 bridgehead atoms. The summed E-state index contributed by atoms with van der Waals surface area (Å²) in [5.74, 6) is -1.09. The first-order valence-corrected chi connectivity index (χ1v) is 8.52. The van der Waals surface area contributed by atoms with Crippen LogP contribution >= 0.6 is 11.6 Å². The van der Waals surface area contributed by atoms with Crippen LogP contribution in [0.3, 0.4) is 0 Å². The molecule has 26 heavy (non-hydrogen) atoms. The van der Waals surface area contributed by atoms with Crippen molar-refractivity contribution in [2.75, 3.05) is 20.3 Å². The lowest BCUT2D eigenvalue weighted by molar-refractivity contribution is -0.125. The van der Waals surface area contributed by atoms with Gasteiger partial charge in [-0.25, -0.2) is 9.48 Å². The highest BCUT2D eigenvalue weighted by atomic mass is 35.5. The number of hydrogen-bond donors (Lipinski definition) is 1. The van der Waals surface area contributed by atoms with Gasteiger partial charge in [0.15, 0.2) is 6.61 Å². The first-order chi connectivity index (χ1) is 12.4. The molecule has 1 amide bonds. The number of methoxy groups -OCH3 is 1. The van der Waals surface area contributed by atoms with Crippen molar-refractivity contribution < 1.29 is 19.1 Å². The highest BCUT2D eigenvalue weighted by Gasteiger charge is 2.22. The number of esters is 1. The molecule has 2 aromatic rings. The predicted octanol–water partition coefficient (Wildman–Crippen LogP) is 2.20. The number of nitrogens with one attached hydrogen (secondary N) is 1. The Morgan fingerprint density at radius 2 is 2.00 bits per heavy atom. The Bertz CT molecular complexity index is 761. The lowest BCUT2D eigenvalue weighted by Crippen LogP contribution is -2.38. The van der Waals surface area contributed by atoms with Crippen molar-refractivity contribution in [1.29, 1.82) is 0 Å². The molecule has 0 radical (unpaired) electrons. The third kappa shape index (κ3) is 5.31. The summed E-state index contributed by atoms with van der Waals surface area (Å²) >= 11 is 6.30. The first kappa shape index (κ1) is 19.9. The predicted molar refractivity (Wildman–Crippen MR) is 97.3 cm³/mol. The van der Waals surface area contributed by atoms with Gasteiger partial charge in [-0.3, -0.25) is 4.79 Å². The maximum absolute atomic E-state index is 12.3. The molecule has 0 aliphatic rings. The van der Waals surface area contributed by atoms with Crippen LogP contribution in [-0.2, 0) is 20.8 Å². The van der Waals surface area contributed by atoms with E-state index in [0.29, 0.717) is 18.8 Å². The Balaban J connectivity index is 2.00. The van der Waals surface area contributed by atoms with Crippen LogP contribution < -0.4 is 5.32 Å². The number of halogens is 1. The van der Waals surface area contributed by atoms with Crippen molar-refractivity contribution in [1.82, 2.24) is 15.1 Å². The van der Waals surface area contributed by atoms with E-state index in [9.17, 15) is 9.59 Å². The summed E-state index contributed by atoms with van der Waals surface area (Å²) in [7, 11) is 1.54. The van der Waals surface area contributed by atoms with Gasteiger partial charge in [-0.05, 0) is 19.4 Å². The summed E-state index contributed by atoms with van der Waals surface area (Å²) in [6.45, 7) is 3.87. The minimum Gasteiger partial charge on any atom is -0.452 e. The normalized spacial score (nSPS) is 11.8. The van der Waals surface area contributed by atoms with Crippen LogP contribution in [0.2, 0.25) is 5.15 Å². The van der Waals surface area contributed by atoms with E-state index in [1.54, 1.807) is 21.0 Å². The van der Waals surface area contributed by atoms with Crippen molar-refractivity contribution in [3.8, 4) is 0 Å². The van der Waals surface area contributed by atoms with Crippen LogP contribution in [0.25, 0.3) is 0 Å². The SMILES string of the molecule is COCC(C)NC(=O)COC(=O)c1c(C)nn(Cc2ccccc2)c1Cl. The van der Waals surface area contributed by atoms with Crippen LogP contribution in [0.15, 0.2) is 30.3 Å². The second kappa shape index (κ2) is 9.35. The number of carbonyl (C=O) groups is 2. The summed E-state index contributed by atoms with van der Waals surface area (Å²) < 4.78 is 11.5. The zero-order valence-corrected chi connectivity index (χ0v) is 15.7. The quantitative estimate of drug-likeness (QED) is 0.711. The minimum absolute atomic E-state index is 0.167. The van der Waals surface area contributed by atoms with Crippen LogP contribution in [0.4, 0.5) is 0 Å². The molecule has 8 heteroatoms. The largest absolute Gasteiger partial charge is 0.452 e. The van der Waals surface area contributed by atoms with Gasteiger partial charge < -0.3 is 14.8 Å². The molecule has 0 aliphatic heterocycles. The topological polar surface area (TPSA) is 82.4 Å². The fraction of sp³-hybridized carbons (Fsp3) is 0.389. The molecular formula is C18H22ClN3O4. The zero-order valence-electron chi connectivity index (χ0n) is 15.0. The Labute approximate surface area is 157 Å². The fourth-order valence-electron chi connectivity index (χ4n) is 2.46. The Hall–Kier alpha value is -2.38. The number of aromatic nitrogens is 2. The van der Waals surface area contributed by atoms with Crippen molar-refractivity contribution in [3.05, 3.63) is 52.3 Å². The van der Waals surface area contributed by atoms with Crippen molar-refractivity contribution in [3.63, 3.8) is 0 Å². The third-order valence-electron chi connectivity index (χ3n) is 3.60. The molecular weight excluding hydrogens is 358 g/mol. The van der Waals surface area contributed by atoms with Gasteiger partial charge in [0.2, 0.25) is 0 Å². The summed E-state index contributed by atoms with van der Waals surface area (Å²) in [6, 6.07) is 9.45. The van der Waals surface area contributed by atoms with E-state index in [1.807, 2.05) is 30.3 Å². The van der Waals surface area contributed by atoms with E-state index in [2.05, 4.69) is 10.4 Å². The smallest absolute Gasteiger partial charge is 0.343 e. The number of aryl methyl sites for hydroxylation is 1. The average Bonchev–Trinajstić information content (AvgIpc) is 2.87. The molecule has 1 N–H and O–H groups in total.